The van der Waals surface area contributed by atoms with Crippen molar-refractivity contribution in [3.05, 3.63) is 66.2 Å². The lowest BCUT2D eigenvalue weighted by atomic mass is 10.1. The van der Waals surface area contributed by atoms with Gasteiger partial charge in [-0.3, -0.25) is 0 Å². The second-order valence-corrected chi connectivity index (χ2v) is 7.61. The molecule has 0 atom stereocenters. The summed E-state index contributed by atoms with van der Waals surface area (Å²) in [6, 6.07) is 7.90. The van der Waals surface area contributed by atoms with Gasteiger partial charge in [0.25, 0.3) is 0 Å². The predicted molar refractivity (Wildman–Crippen MR) is 111 cm³/mol. The summed E-state index contributed by atoms with van der Waals surface area (Å²) in [6.45, 7) is 3.90. The first kappa shape index (κ1) is 22.6. The molecule has 0 bridgehead atoms. The Bertz CT molecular complexity index is 1270. The molecule has 2 heterocycles. The molecule has 0 amide bonds. The molecule has 0 aliphatic carbocycles. The van der Waals surface area contributed by atoms with Gasteiger partial charge in [-0.1, -0.05) is 18.2 Å². The van der Waals surface area contributed by atoms with Crippen molar-refractivity contribution in [2.75, 3.05) is 5.32 Å². The molecule has 1 N–H and O–H groups in total. The van der Waals surface area contributed by atoms with Crippen molar-refractivity contribution in [1.29, 1.82) is 0 Å². The number of hydrogen-bond donors (Lipinski definition) is 1. The first-order valence-corrected chi connectivity index (χ1v) is 9.78. The number of para-hydroxylation sites is 1. The minimum absolute atomic E-state index is 0.0667. The summed E-state index contributed by atoms with van der Waals surface area (Å²) in [4.78, 5) is 12.9. The van der Waals surface area contributed by atoms with Gasteiger partial charge in [0, 0.05) is 23.0 Å². The summed E-state index contributed by atoms with van der Waals surface area (Å²) in [5.74, 6) is 0. The van der Waals surface area contributed by atoms with Crippen LogP contribution in [0.5, 0.6) is 0 Å². The molecule has 0 fully saturated rings. The maximum atomic E-state index is 13.2. The van der Waals surface area contributed by atoms with Crippen LogP contribution in [0.15, 0.2) is 55.1 Å². The van der Waals surface area contributed by atoms with E-state index in [2.05, 4.69) is 20.3 Å². The lowest BCUT2D eigenvalue weighted by Crippen LogP contribution is -2.11. The Hall–Kier alpha value is -3.63. The first-order chi connectivity index (χ1) is 15.4. The van der Waals surface area contributed by atoms with E-state index in [0.717, 1.165) is 0 Å². The normalized spacial score (nSPS) is 12.5. The number of anilines is 2. The van der Waals surface area contributed by atoms with Crippen LogP contribution in [-0.4, -0.2) is 19.5 Å². The number of benzene rings is 2. The monoisotopic (exact) mass is 465 g/mol. The number of imidazole rings is 1. The van der Waals surface area contributed by atoms with E-state index in [1.165, 1.54) is 12.4 Å². The van der Waals surface area contributed by atoms with Gasteiger partial charge in [-0.2, -0.15) is 26.3 Å². The Labute approximate surface area is 184 Å². The molecule has 33 heavy (non-hydrogen) atoms. The van der Waals surface area contributed by atoms with Crippen molar-refractivity contribution >= 4 is 22.5 Å². The fourth-order valence-electron chi connectivity index (χ4n) is 3.41. The van der Waals surface area contributed by atoms with Gasteiger partial charge in [-0.15, -0.1) is 0 Å². The van der Waals surface area contributed by atoms with E-state index in [9.17, 15) is 26.3 Å². The van der Waals surface area contributed by atoms with Crippen LogP contribution >= 0.6 is 0 Å². The highest BCUT2D eigenvalue weighted by atomic mass is 19.4. The highest BCUT2D eigenvalue weighted by molar-refractivity contribution is 5.92. The van der Waals surface area contributed by atoms with Crippen LogP contribution in [-0.2, 0) is 12.4 Å². The summed E-state index contributed by atoms with van der Waals surface area (Å²) in [5, 5.41) is 2.70. The molecule has 4 aromatic rings. The average Bonchev–Trinajstić information content (AvgIpc) is 3.17. The number of hydrogen-bond acceptors (Lipinski definition) is 4. The van der Waals surface area contributed by atoms with Crippen LogP contribution in [0.1, 0.15) is 31.0 Å². The summed E-state index contributed by atoms with van der Waals surface area (Å²) in [6.07, 6.45) is -6.95. The number of fused-ring (bicyclic) bond motifs is 1. The zero-order chi connectivity index (χ0) is 24.0. The minimum Gasteiger partial charge on any atom is -0.355 e. The predicted octanol–water partition coefficient (Wildman–Crippen LogP) is 6.86. The largest absolute Gasteiger partial charge is 0.416 e. The quantitative estimate of drug-likeness (QED) is 0.335. The molecule has 0 unspecified atom stereocenters. The van der Waals surface area contributed by atoms with E-state index in [4.69, 9.17) is 0 Å². The number of nitrogens with zero attached hydrogens (tertiary/aromatic N) is 4. The molecule has 11 heteroatoms. The third kappa shape index (κ3) is 4.48. The minimum atomic E-state index is -4.94. The van der Waals surface area contributed by atoms with Crippen molar-refractivity contribution in [3.63, 3.8) is 0 Å². The molecular weight excluding hydrogens is 448 g/mol. The van der Waals surface area contributed by atoms with Gasteiger partial charge >= 0.3 is 12.4 Å². The molecule has 172 valence electrons. The second-order valence-electron chi connectivity index (χ2n) is 7.61. The molecule has 0 spiro atoms. The van der Waals surface area contributed by atoms with Gasteiger partial charge in [0.1, 0.15) is 17.5 Å². The number of halogens is 6. The van der Waals surface area contributed by atoms with Crippen LogP contribution in [0, 0.1) is 0 Å². The lowest BCUT2D eigenvalue weighted by Gasteiger charge is -2.17. The molecule has 0 aliphatic rings. The fourth-order valence-corrected chi connectivity index (χ4v) is 3.41. The third-order valence-corrected chi connectivity index (χ3v) is 4.96. The Morgan fingerprint density at radius 3 is 2.09 bits per heavy atom. The van der Waals surface area contributed by atoms with Gasteiger partial charge in [-0.25, -0.2) is 15.0 Å². The SMILES string of the molecule is CC(C)n1cnc2c(-c3ccccc3Nc3cc(C(F)(F)F)cc(C(F)(F)F)c3)ncnc21. The number of alkyl halides is 6. The van der Waals surface area contributed by atoms with E-state index in [0.29, 0.717) is 34.6 Å². The van der Waals surface area contributed by atoms with Crippen LogP contribution in [0.2, 0.25) is 0 Å². The number of nitrogens with one attached hydrogen (secondary N) is 1. The van der Waals surface area contributed by atoms with Gasteiger partial charge in [0.05, 0.1) is 17.5 Å². The van der Waals surface area contributed by atoms with Gasteiger partial charge in [0.2, 0.25) is 0 Å². The summed E-state index contributed by atoms with van der Waals surface area (Å²) < 4.78 is 81.3. The molecule has 4 rings (SSSR count). The third-order valence-electron chi connectivity index (χ3n) is 4.96. The Balaban J connectivity index is 1.83. The zero-order valence-electron chi connectivity index (χ0n) is 17.3. The first-order valence-electron chi connectivity index (χ1n) is 9.78. The molecule has 0 saturated heterocycles. The number of rotatable bonds is 4. The topological polar surface area (TPSA) is 55.6 Å². The summed E-state index contributed by atoms with van der Waals surface area (Å²) >= 11 is 0. The van der Waals surface area contributed by atoms with Gasteiger partial charge < -0.3 is 9.88 Å². The molecular formula is C22H17F6N5. The van der Waals surface area contributed by atoms with E-state index < -0.39 is 23.5 Å². The lowest BCUT2D eigenvalue weighted by molar-refractivity contribution is -0.143. The molecule has 0 aliphatic heterocycles. The standard InChI is InChI=1S/C22H17F6N5/c1-12(2)33-11-31-19-18(29-10-30-20(19)33)16-5-3-4-6-17(16)32-15-8-13(21(23,24)25)7-14(9-15)22(26,27)28/h3-12,32H,1-2H3. The molecule has 2 aromatic carbocycles. The Morgan fingerprint density at radius 2 is 1.48 bits per heavy atom. The smallest absolute Gasteiger partial charge is 0.355 e. The van der Waals surface area contributed by atoms with Crippen LogP contribution in [0.4, 0.5) is 37.7 Å². The maximum Gasteiger partial charge on any atom is 0.416 e. The summed E-state index contributed by atoms with van der Waals surface area (Å²) in [7, 11) is 0. The van der Waals surface area contributed by atoms with Gasteiger partial charge in [0.15, 0.2) is 5.65 Å². The Morgan fingerprint density at radius 1 is 0.848 bits per heavy atom. The van der Waals surface area contributed by atoms with Crippen LogP contribution in [0.25, 0.3) is 22.4 Å². The van der Waals surface area contributed by atoms with Crippen molar-refractivity contribution in [2.45, 2.75) is 32.2 Å². The van der Waals surface area contributed by atoms with Crippen LogP contribution in [0.3, 0.4) is 0 Å². The average molecular weight is 465 g/mol. The van der Waals surface area contributed by atoms with E-state index in [1.54, 1.807) is 24.5 Å². The van der Waals surface area contributed by atoms with E-state index in [1.807, 2.05) is 18.4 Å². The van der Waals surface area contributed by atoms with Gasteiger partial charge in [-0.05, 0) is 38.1 Å². The second kappa shape index (κ2) is 8.05. The van der Waals surface area contributed by atoms with Crippen molar-refractivity contribution in [3.8, 4) is 11.3 Å². The van der Waals surface area contributed by atoms with Crippen molar-refractivity contribution < 1.29 is 26.3 Å². The highest BCUT2D eigenvalue weighted by Crippen LogP contribution is 2.39. The van der Waals surface area contributed by atoms with Crippen molar-refractivity contribution in [2.24, 2.45) is 0 Å². The Kier molecular flexibility index (Phi) is 5.51. The summed E-state index contributed by atoms with van der Waals surface area (Å²) in [5.41, 5.74) is -1.04. The number of aromatic nitrogens is 4. The van der Waals surface area contributed by atoms with Crippen LogP contribution < -0.4 is 5.32 Å². The fraction of sp³-hybridized carbons (Fsp3) is 0.227. The molecule has 0 saturated carbocycles. The molecule has 0 radical (unpaired) electrons. The van der Waals surface area contributed by atoms with E-state index in [-0.39, 0.29) is 23.5 Å². The zero-order valence-corrected chi connectivity index (χ0v) is 17.3. The van der Waals surface area contributed by atoms with Crippen molar-refractivity contribution in [1.82, 2.24) is 19.5 Å². The maximum absolute atomic E-state index is 13.2. The highest BCUT2D eigenvalue weighted by Gasteiger charge is 2.37. The van der Waals surface area contributed by atoms with E-state index >= 15 is 0 Å². The molecule has 2 aromatic heterocycles. The molecule has 5 nitrogen and oxygen atoms in total.